The molecule has 0 aliphatic carbocycles. The molecule has 0 saturated carbocycles. The highest BCUT2D eigenvalue weighted by atomic mass is 16.6. The van der Waals surface area contributed by atoms with Crippen LogP contribution in [0.1, 0.15) is 44.7 Å². The highest BCUT2D eigenvalue weighted by Gasteiger charge is 2.39. The lowest BCUT2D eigenvalue weighted by molar-refractivity contribution is -0.688. The third kappa shape index (κ3) is 5.31. The van der Waals surface area contributed by atoms with Gasteiger partial charge in [-0.15, -0.1) is 0 Å². The molecule has 9 heteroatoms. The third-order valence-corrected chi connectivity index (χ3v) is 5.48. The quantitative estimate of drug-likeness (QED) is 0.275. The summed E-state index contributed by atoms with van der Waals surface area (Å²) >= 11 is 0. The van der Waals surface area contributed by atoms with Crippen LogP contribution in [0, 0.1) is 10.1 Å². The maximum Gasteiger partial charge on any atom is 0.336 e. The smallest absolute Gasteiger partial charge is 0.336 e. The average molecular weight is 467 g/mol. The lowest BCUT2D eigenvalue weighted by atomic mass is 9.81. The van der Waals surface area contributed by atoms with Crippen molar-refractivity contribution < 1.29 is 28.6 Å². The second-order valence-electron chi connectivity index (χ2n) is 7.81. The van der Waals surface area contributed by atoms with Gasteiger partial charge in [0, 0.05) is 40.7 Å². The zero-order valence-corrected chi connectivity index (χ0v) is 19.7. The van der Waals surface area contributed by atoms with Crippen LogP contribution in [0.15, 0.2) is 71.3 Å². The Bertz CT molecular complexity index is 1130. The minimum Gasteiger partial charge on any atom is -0.463 e. The summed E-state index contributed by atoms with van der Waals surface area (Å²) in [5.74, 6) is -1.68. The molecule has 0 amide bonds. The summed E-state index contributed by atoms with van der Waals surface area (Å²) in [5.41, 5.74) is 3.53. The summed E-state index contributed by atoms with van der Waals surface area (Å²) < 4.78 is 12.5. The molecule has 0 bridgehead atoms. The number of hydrogen-bond acceptors (Lipinski definition) is 7. The molecule has 0 unspecified atom stereocenters. The number of esters is 2. The Kier molecular flexibility index (Phi) is 7.78. The van der Waals surface area contributed by atoms with Crippen molar-refractivity contribution in [3.63, 3.8) is 0 Å². The molecule has 9 nitrogen and oxygen atoms in total. The van der Waals surface area contributed by atoms with Crippen molar-refractivity contribution in [2.24, 2.45) is 0 Å². The van der Waals surface area contributed by atoms with Crippen molar-refractivity contribution in [3.05, 3.63) is 92.6 Å². The minimum atomic E-state index is -0.677. The lowest BCUT2D eigenvalue weighted by Gasteiger charge is -2.29. The second-order valence-corrected chi connectivity index (χ2v) is 7.81. The molecular weight excluding hydrogens is 438 g/mol. The molecular formula is C25H28N3O6+. The number of rotatable bonds is 8. The molecule has 1 aromatic carbocycles. The van der Waals surface area contributed by atoms with Gasteiger partial charge in [-0.25, -0.2) is 14.2 Å². The number of nitrogens with one attached hydrogen (secondary N) is 1. The Morgan fingerprint density at radius 1 is 1.00 bits per heavy atom. The van der Waals surface area contributed by atoms with Crippen LogP contribution in [-0.2, 0) is 25.6 Å². The Morgan fingerprint density at radius 3 is 2.06 bits per heavy atom. The van der Waals surface area contributed by atoms with E-state index in [9.17, 15) is 19.7 Å². The lowest BCUT2D eigenvalue weighted by Crippen LogP contribution is -2.37. The number of allylic oxidation sites excluding steroid dienone is 2. The average Bonchev–Trinajstić information content (AvgIpc) is 2.79. The van der Waals surface area contributed by atoms with Crippen molar-refractivity contribution in [2.75, 3.05) is 13.2 Å². The molecule has 178 valence electrons. The number of nitro benzene ring substituents is 1. The highest BCUT2D eigenvalue weighted by molar-refractivity contribution is 5.99. The first-order valence-electron chi connectivity index (χ1n) is 11.0. The number of nitro groups is 1. The second kappa shape index (κ2) is 10.7. The summed E-state index contributed by atoms with van der Waals surface area (Å²) in [6.45, 7) is 7.87. The summed E-state index contributed by atoms with van der Waals surface area (Å²) in [4.78, 5) is 36.3. The van der Waals surface area contributed by atoms with E-state index in [0.29, 0.717) is 29.1 Å². The summed E-state index contributed by atoms with van der Waals surface area (Å²) in [6, 6.07) is 10.0. The molecule has 0 atom stereocenters. The van der Waals surface area contributed by atoms with Crippen LogP contribution in [0.25, 0.3) is 0 Å². The fourth-order valence-electron chi connectivity index (χ4n) is 4.03. The zero-order valence-electron chi connectivity index (χ0n) is 19.7. The number of nitrogens with zero attached hydrogens (tertiary/aromatic N) is 2. The van der Waals surface area contributed by atoms with Gasteiger partial charge in [-0.05, 0) is 45.9 Å². The first-order chi connectivity index (χ1) is 16.3. The van der Waals surface area contributed by atoms with Crippen molar-refractivity contribution in [1.82, 2.24) is 5.32 Å². The van der Waals surface area contributed by atoms with E-state index in [1.807, 2.05) is 29.1 Å². The van der Waals surface area contributed by atoms with E-state index < -0.39 is 22.8 Å². The minimum absolute atomic E-state index is 0.0246. The fraction of sp³-hybridized carbons (Fsp3) is 0.320. The molecule has 0 fully saturated rings. The van der Waals surface area contributed by atoms with Crippen LogP contribution in [-0.4, -0.2) is 30.1 Å². The van der Waals surface area contributed by atoms with Crippen LogP contribution < -0.4 is 9.88 Å². The van der Waals surface area contributed by atoms with Gasteiger partial charge in [-0.1, -0.05) is 0 Å². The molecule has 1 aliphatic rings. The normalized spacial score (nSPS) is 14.0. The predicted molar refractivity (Wildman–Crippen MR) is 123 cm³/mol. The molecule has 0 radical (unpaired) electrons. The van der Waals surface area contributed by atoms with Gasteiger partial charge in [0.25, 0.3) is 5.69 Å². The number of ether oxygens (including phenoxy) is 2. The molecule has 34 heavy (non-hydrogen) atoms. The molecule has 0 spiro atoms. The van der Waals surface area contributed by atoms with E-state index in [0.717, 1.165) is 11.1 Å². The van der Waals surface area contributed by atoms with Gasteiger partial charge in [0.05, 0.1) is 35.2 Å². The summed E-state index contributed by atoms with van der Waals surface area (Å²) in [7, 11) is 0. The van der Waals surface area contributed by atoms with E-state index in [-0.39, 0.29) is 18.9 Å². The fourth-order valence-corrected chi connectivity index (χ4v) is 4.03. The van der Waals surface area contributed by atoms with Gasteiger partial charge < -0.3 is 14.8 Å². The van der Waals surface area contributed by atoms with Crippen molar-refractivity contribution in [3.8, 4) is 0 Å². The van der Waals surface area contributed by atoms with E-state index in [2.05, 4.69) is 5.32 Å². The molecule has 0 saturated heterocycles. The van der Waals surface area contributed by atoms with Gasteiger partial charge in [-0.3, -0.25) is 10.1 Å². The molecule has 3 rings (SSSR count). The standard InChI is InChI=1S/C25H27N3O6/c1-5-33-24(29)21-16(3)26-17(4)22(25(30)34-6-2)23(21)19-8-7-13-27(15-19)14-18-9-11-20(12-10-18)28(31)32/h7-13,15,23H,5-6,14H2,1-4H3/p+1. The van der Waals surface area contributed by atoms with Gasteiger partial charge in [0.1, 0.15) is 0 Å². The number of hydrogen-bond donors (Lipinski definition) is 1. The Morgan fingerprint density at radius 2 is 1.56 bits per heavy atom. The first-order valence-corrected chi connectivity index (χ1v) is 11.0. The number of non-ortho nitro benzene ring substituents is 1. The Hall–Kier alpha value is -4.01. The first kappa shape index (κ1) is 24.6. The molecule has 1 aliphatic heterocycles. The summed E-state index contributed by atoms with van der Waals surface area (Å²) in [6.07, 6.45) is 3.71. The zero-order chi connectivity index (χ0) is 24.8. The largest absolute Gasteiger partial charge is 0.463 e. The van der Waals surface area contributed by atoms with E-state index in [4.69, 9.17) is 9.47 Å². The molecule has 1 aromatic heterocycles. The number of carbonyl (C=O) groups is 2. The maximum atomic E-state index is 12.9. The van der Waals surface area contributed by atoms with Crippen LogP contribution in [0.3, 0.4) is 0 Å². The number of aromatic nitrogens is 1. The molecule has 1 N–H and O–H groups in total. The van der Waals surface area contributed by atoms with Crippen molar-refractivity contribution in [1.29, 1.82) is 0 Å². The summed E-state index contributed by atoms with van der Waals surface area (Å²) in [5, 5.41) is 14.0. The molecule has 2 aromatic rings. The van der Waals surface area contributed by atoms with Gasteiger partial charge in [0.2, 0.25) is 0 Å². The van der Waals surface area contributed by atoms with Crippen LogP contribution in [0.5, 0.6) is 0 Å². The Labute approximate surface area is 197 Å². The van der Waals surface area contributed by atoms with E-state index in [1.54, 1.807) is 39.8 Å². The number of pyridine rings is 1. The SMILES string of the molecule is CCOC(=O)C1=C(C)NC(C)=C(C(=O)OCC)C1c1ccc[n+](Cc2ccc([N+](=O)[O-])cc2)c1. The van der Waals surface area contributed by atoms with Crippen LogP contribution in [0.4, 0.5) is 5.69 Å². The van der Waals surface area contributed by atoms with Gasteiger partial charge >= 0.3 is 11.9 Å². The Balaban J connectivity index is 2.04. The number of carbonyl (C=O) groups excluding carboxylic acids is 2. The van der Waals surface area contributed by atoms with Gasteiger partial charge in [-0.2, -0.15) is 0 Å². The monoisotopic (exact) mass is 466 g/mol. The van der Waals surface area contributed by atoms with Gasteiger partial charge in [0.15, 0.2) is 18.9 Å². The third-order valence-electron chi connectivity index (χ3n) is 5.48. The van der Waals surface area contributed by atoms with Crippen molar-refractivity contribution in [2.45, 2.75) is 40.2 Å². The van der Waals surface area contributed by atoms with Crippen molar-refractivity contribution >= 4 is 17.6 Å². The van der Waals surface area contributed by atoms with E-state index >= 15 is 0 Å². The topological polar surface area (TPSA) is 112 Å². The predicted octanol–water partition coefficient (Wildman–Crippen LogP) is 3.29. The molecule has 2 heterocycles. The number of dihydropyridines is 1. The number of benzene rings is 1. The van der Waals surface area contributed by atoms with Crippen LogP contribution >= 0.6 is 0 Å². The van der Waals surface area contributed by atoms with E-state index in [1.165, 1.54) is 12.1 Å². The van der Waals surface area contributed by atoms with Crippen LogP contribution in [0.2, 0.25) is 0 Å². The highest BCUT2D eigenvalue weighted by Crippen LogP contribution is 2.38. The maximum absolute atomic E-state index is 12.9.